The van der Waals surface area contributed by atoms with Crippen LogP contribution in [0.1, 0.15) is 13.3 Å². The number of rotatable bonds is 6. The van der Waals surface area contributed by atoms with Gasteiger partial charge < -0.3 is 15.4 Å². The van der Waals surface area contributed by atoms with Gasteiger partial charge in [-0.25, -0.2) is 0 Å². The lowest BCUT2D eigenvalue weighted by Gasteiger charge is -2.10. The summed E-state index contributed by atoms with van der Waals surface area (Å²) in [5.41, 5.74) is 0.982. The molecule has 94 valence electrons. The van der Waals surface area contributed by atoms with Gasteiger partial charge in [-0.3, -0.25) is 0 Å². The van der Waals surface area contributed by atoms with Crippen LogP contribution in [0, 0.1) is 0 Å². The average Bonchev–Trinajstić information content (AvgIpc) is 2.32. The molecule has 3 nitrogen and oxygen atoms in total. The molecule has 0 aromatic heterocycles. The van der Waals surface area contributed by atoms with Gasteiger partial charge in [-0.15, -0.1) is 0 Å². The SMILES string of the molecule is CCOCCCNC(=S)Nc1ccc(Br)cc1. The van der Waals surface area contributed by atoms with Crippen molar-refractivity contribution >= 4 is 38.9 Å². The Labute approximate surface area is 116 Å². The fourth-order valence-electron chi connectivity index (χ4n) is 1.23. The van der Waals surface area contributed by atoms with E-state index in [9.17, 15) is 0 Å². The molecule has 17 heavy (non-hydrogen) atoms. The van der Waals surface area contributed by atoms with Crippen molar-refractivity contribution in [3.05, 3.63) is 28.7 Å². The van der Waals surface area contributed by atoms with E-state index < -0.39 is 0 Å². The molecule has 0 spiro atoms. The minimum absolute atomic E-state index is 0.642. The average molecular weight is 317 g/mol. The summed E-state index contributed by atoms with van der Waals surface area (Å²) in [7, 11) is 0. The second-order valence-corrected chi connectivity index (χ2v) is 4.76. The molecule has 0 unspecified atom stereocenters. The first kappa shape index (κ1) is 14.4. The molecular weight excluding hydrogens is 300 g/mol. The van der Waals surface area contributed by atoms with Gasteiger partial charge in [0, 0.05) is 29.9 Å². The summed E-state index contributed by atoms with van der Waals surface area (Å²) in [6.45, 7) is 4.35. The molecule has 1 aromatic carbocycles. The minimum atomic E-state index is 0.642. The number of halogens is 1. The van der Waals surface area contributed by atoms with E-state index in [4.69, 9.17) is 17.0 Å². The highest BCUT2D eigenvalue weighted by atomic mass is 79.9. The van der Waals surface area contributed by atoms with Gasteiger partial charge in [0.1, 0.15) is 0 Å². The maximum absolute atomic E-state index is 5.24. The molecule has 0 radical (unpaired) electrons. The van der Waals surface area contributed by atoms with E-state index in [1.54, 1.807) is 0 Å². The van der Waals surface area contributed by atoms with Crippen molar-refractivity contribution in [3.63, 3.8) is 0 Å². The van der Waals surface area contributed by atoms with E-state index in [-0.39, 0.29) is 0 Å². The van der Waals surface area contributed by atoms with Crippen molar-refractivity contribution in [1.82, 2.24) is 5.32 Å². The van der Waals surface area contributed by atoms with Crippen molar-refractivity contribution < 1.29 is 4.74 Å². The van der Waals surface area contributed by atoms with Crippen LogP contribution in [-0.2, 0) is 4.74 Å². The monoisotopic (exact) mass is 316 g/mol. The van der Waals surface area contributed by atoms with Crippen LogP contribution in [0.25, 0.3) is 0 Å². The van der Waals surface area contributed by atoms with Gasteiger partial charge in [0.25, 0.3) is 0 Å². The van der Waals surface area contributed by atoms with Crippen LogP contribution in [0.4, 0.5) is 5.69 Å². The van der Waals surface area contributed by atoms with Crippen LogP contribution in [-0.4, -0.2) is 24.9 Å². The lowest BCUT2D eigenvalue weighted by Crippen LogP contribution is -2.29. The number of thiocarbonyl (C=S) groups is 1. The number of hydrogen-bond acceptors (Lipinski definition) is 2. The molecule has 2 N–H and O–H groups in total. The zero-order valence-electron chi connectivity index (χ0n) is 9.83. The molecular formula is C12H17BrN2OS. The highest BCUT2D eigenvalue weighted by molar-refractivity contribution is 9.10. The Morgan fingerprint density at radius 3 is 2.71 bits per heavy atom. The van der Waals surface area contributed by atoms with Crippen LogP contribution >= 0.6 is 28.1 Å². The van der Waals surface area contributed by atoms with Gasteiger partial charge >= 0.3 is 0 Å². The van der Waals surface area contributed by atoms with E-state index >= 15 is 0 Å². The Kier molecular flexibility index (Phi) is 7.16. The topological polar surface area (TPSA) is 33.3 Å². The number of benzene rings is 1. The fourth-order valence-corrected chi connectivity index (χ4v) is 1.71. The van der Waals surface area contributed by atoms with Crippen molar-refractivity contribution in [3.8, 4) is 0 Å². The third-order valence-electron chi connectivity index (χ3n) is 2.06. The highest BCUT2D eigenvalue weighted by Gasteiger charge is 1.96. The van der Waals surface area contributed by atoms with Gasteiger partial charge in [0.15, 0.2) is 5.11 Å². The first-order chi connectivity index (χ1) is 8.22. The second-order valence-electron chi connectivity index (χ2n) is 3.44. The van der Waals surface area contributed by atoms with Gasteiger partial charge in [0.05, 0.1) is 0 Å². The normalized spacial score (nSPS) is 10.0. The summed E-state index contributed by atoms with van der Waals surface area (Å²) in [6.07, 6.45) is 0.954. The van der Waals surface area contributed by atoms with Crippen molar-refractivity contribution in [1.29, 1.82) is 0 Å². The van der Waals surface area contributed by atoms with Crippen LogP contribution in [0.3, 0.4) is 0 Å². The maximum atomic E-state index is 5.24. The van der Waals surface area contributed by atoms with Crippen LogP contribution < -0.4 is 10.6 Å². The zero-order valence-corrected chi connectivity index (χ0v) is 12.2. The van der Waals surface area contributed by atoms with Crippen LogP contribution in [0.2, 0.25) is 0 Å². The summed E-state index contributed by atoms with van der Waals surface area (Å²) in [4.78, 5) is 0. The van der Waals surface area contributed by atoms with Gasteiger partial charge in [0.2, 0.25) is 0 Å². The molecule has 1 aromatic rings. The molecule has 0 atom stereocenters. The van der Waals surface area contributed by atoms with E-state index in [0.717, 1.165) is 36.3 Å². The molecule has 0 fully saturated rings. The smallest absolute Gasteiger partial charge is 0.170 e. The van der Waals surface area contributed by atoms with Gasteiger partial charge in [-0.05, 0) is 49.8 Å². The van der Waals surface area contributed by atoms with E-state index in [1.165, 1.54) is 0 Å². The first-order valence-electron chi connectivity index (χ1n) is 5.60. The highest BCUT2D eigenvalue weighted by Crippen LogP contribution is 2.13. The third-order valence-corrected chi connectivity index (χ3v) is 2.83. The predicted octanol–water partition coefficient (Wildman–Crippen LogP) is 3.16. The number of hydrogen-bond donors (Lipinski definition) is 2. The van der Waals surface area contributed by atoms with Crippen molar-refractivity contribution in [2.75, 3.05) is 25.1 Å². The van der Waals surface area contributed by atoms with Crippen LogP contribution in [0.5, 0.6) is 0 Å². The van der Waals surface area contributed by atoms with E-state index in [1.807, 2.05) is 31.2 Å². The Balaban J connectivity index is 2.18. The lowest BCUT2D eigenvalue weighted by molar-refractivity contribution is 0.146. The summed E-state index contributed by atoms with van der Waals surface area (Å²) < 4.78 is 6.29. The molecule has 0 aliphatic rings. The molecule has 1 rings (SSSR count). The van der Waals surface area contributed by atoms with Gasteiger partial charge in [-0.2, -0.15) is 0 Å². The standard InChI is InChI=1S/C12H17BrN2OS/c1-2-16-9-3-8-14-12(17)15-11-6-4-10(13)5-7-11/h4-7H,2-3,8-9H2,1H3,(H2,14,15,17). The number of ether oxygens (including phenoxy) is 1. The Morgan fingerprint density at radius 1 is 1.35 bits per heavy atom. The summed E-state index contributed by atoms with van der Waals surface area (Å²) in [5.74, 6) is 0. The molecule has 0 heterocycles. The number of anilines is 1. The second kappa shape index (κ2) is 8.44. The molecule has 0 saturated heterocycles. The fraction of sp³-hybridized carbons (Fsp3) is 0.417. The molecule has 0 aliphatic heterocycles. The largest absolute Gasteiger partial charge is 0.382 e. The molecule has 0 amide bonds. The first-order valence-corrected chi connectivity index (χ1v) is 6.80. The maximum Gasteiger partial charge on any atom is 0.170 e. The Morgan fingerprint density at radius 2 is 2.06 bits per heavy atom. The molecule has 0 saturated carbocycles. The van der Waals surface area contributed by atoms with Gasteiger partial charge in [-0.1, -0.05) is 15.9 Å². The van der Waals surface area contributed by atoms with Crippen molar-refractivity contribution in [2.45, 2.75) is 13.3 Å². The van der Waals surface area contributed by atoms with Crippen molar-refractivity contribution in [2.24, 2.45) is 0 Å². The zero-order chi connectivity index (χ0) is 12.5. The molecule has 0 aliphatic carbocycles. The lowest BCUT2D eigenvalue weighted by atomic mass is 10.3. The Hall–Kier alpha value is -0.650. The van der Waals surface area contributed by atoms with E-state index in [2.05, 4.69) is 26.6 Å². The molecule has 5 heteroatoms. The van der Waals surface area contributed by atoms with E-state index in [0.29, 0.717) is 5.11 Å². The summed E-state index contributed by atoms with van der Waals surface area (Å²) in [5, 5.41) is 6.89. The summed E-state index contributed by atoms with van der Waals surface area (Å²) in [6, 6.07) is 7.89. The minimum Gasteiger partial charge on any atom is -0.382 e. The Bertz CT molecular complexity index is 343. The quantitative estimate of drug-likeness (QED) is 0.624. The van der Waals surface area contributed by atoms with Crippen LogP contribution in [0.15, 0.2) is 28.7 Å². The summed E-state index contributed by atoms with van der Waals surface area (Å²) >= 11 is 8.56. The third kappa shape index (κ3) is 6.61. The molecule has 0 bridgehead atoms. The number of nitrogens with one attached hydrogen (secondary N) is 2. The predicted molar refractivity (Wildman–Crippen MR) is 79.5 cm³/mol.